The van der Waals surface area contributed by atoms with Gasteiger partial charge in [-0.1, -0.05) is 38.1 Å². The topological polar surface area (TPSA) is 70.7 Å². The number of H-pyrrole nitrogens is 1. The van der Waals surface area contributed by atoms with Gasteiger partial charge in [-0.15, -0.1) is 0 Å². The molecule has 100 valence electrons. The van der Waals surface area contributed by atoms with E-state index in [4.69, 9.17) is 0 Å². The Labute approximate surface area is 112 Å². The second-order valence-electron chi connectivity index (χ2n) is 4.97. The Morgan fingerprint density at radius 1 is 1.26 bits per heavy atom. The van der Waals surface area contributed by atoms with Crippen molar-refractivity contribution in [3.05, 3.63) is 41.7 Å². The van der Waals surface area contributed by atoms with E-state index >= 15 is 0 Å². The smallest absolute Gasteiger partial charge is 0.231 e. The molecule has 2 N–H and O–H groups in total. The number of aromatic nitrogens is 3. The number of amides is 1. The van der Waals surface area contributed by atoms with E-state index in [1.807, 2.05) is 12.1 Å². The van der Waals surface area contributed by atoms with Gasteiger partial charge in [0.2, 0.25) is 11.9 Å². The molecule has 1 aromatic heterocycles. The van der Waals surface area contributed by atoms with Crippen LogP contribution in [-0.4, -0.2) is 21.1 Å². The summed E-state index contributed by atoms with van der Waals surface area (Å²) >= 11 is 0. The zero-order valence-corrected chi connectivity index (χ0v) is 11.2. The number of carbonyl (C=O) groups excluding carboxylic acids is 1. The zero-order valence-electron chi connectivity index (χ0n) is 11.2. The lowest BCUT2D eigenvalue weighted by Crippen LogP contribution is -2.15. The van der Waals surface area contributed by atoms with Crippen LogP contribution in [0.1, 0.15) is 25.0 Å². The van der Waals surface area contributed by atoms with Crippen molar-refractivity contribution in [2.24, 2.45) is 5.92 Å². The highest BCUT2D eigenvalue weighted by Crippen LogP contribution is 2.10. The molecule has 5 nitrogen and oxygen atoms in total. The van der Waals surface area contributed by atoms with Gasteiger partial charge in [-0.3, -0.25) is 10.1 Å². The standard InChI is InChI=1S/C14H18N4O/c1-10(2)7-11-3-5-12(6-4-11)8-13(19)17-14-15-9-16-18-14/h3-6,9-10H,7-8H2,1-2H3,(H2,15,16,17,18,19). The number of nitrogens with one attached hydrogen (secondary N) is 2. The fraction of sp³-hybridized carbons (Fsp3) is 0.357. The van der Waals surface area contributed by atoms with E-state index in [1.54, 1.807) is 0 Å². The summed E-state index contributed by atoms with van der Waals surface area (Å²) in [6.45, 7) is 4.39. The maximum absolute atomic E-state index is 11.7. The Bertz CT molecular complexity index is 517. The lowest BCUT2D eigenvalue weighted by atomic mass is 10.0. The molecule has 0 unspecified atom stereocenters. The fourth-order valence-electron chi connectivity index (χ4n) is 1.89. The molecule has 2 aromatic rings. The van der Waals surface area contributed by atoms with Crippen LogP contribution in [0, 0.1) is 5.92 Å². The Kier molecular flexibility index (Phi) is 4.28. The van der Waals surface area contributed by atoms with E-state index in [-0.39, 0.29) is 5.91 Å². The summed E-state index contributed by atoms with van der Waals surface area (Å²) in [6.07, 6.45) is 2.75. The van der Waals surface area contributed by atoms with Crippen molar-refractivity contribution < 1.29 is 4.79 Å². The van der Waals surface area contributed by atoms with Crippen molar-refractivity contribution >= 4 is 11.9 Å². The number of anilines is 1. The number of rotatable bonds is 5. The maximum Gasteiger partial charge on any atom is 0.231 e. The lowest BCUT2D eigenvalue weighted by Gasteiger charge is -2.06. The summed E-state index contributed by atoms with van der Waals surface area (Å²) in [5.41, 5.74) is 2.29. The number of carbonyl (C=O) groups is 1. The Morgan fingerprint density at radius 3 is 2.53 bits per heavy atom. The van der Waals surface area contributed by atoms with E-state index in [9.17, 15) is 4.79 Å². The van der Waals surface area contributed by atoms with E-state index < -0.39 is 0 Å². The van der Waals surface area contributed by atoms with Crippen LogP contribution in [0.25, 0.3) is 0 Å². The van der Waals surface area contributed by atoms with Gasteiger partial charge in [0.25, 0.3) is 0 Å². The minimum atomic E-state index is -0.103. The van der Waals surface area contributed by atoms with Crippen molar-refractivity contribution in [1.82, 2.24) is 15.2 Å². The monoisotopic (exact) mass is 258 g/mol. The molecule has 0 atom stereocenters. The molecule has 0 bridgehead atoms. The second kappa shape index (κ2) is 6.13. The molecule has 0 radical (unpaired) electrons. The highest BCUT2D eigenvalue weighted by molar-refractivity contribution is 5.90. The van der Waals surface area contributed by atoms with Crippen molar-refractivity contribution in [2.45, 2.75) is 26.7 Å². The first kappa shape index (κ1) is 13.3. The van der Waals surface area contributed by atoms with Gasteiger partial charge < -0.3 is 0 Å². The molecule has 0 saturated heterocycles. The summed E-state index contributed by atoms with van der Waals surface area (Å²) in [4.78, 5) is 15.6. The first-order valence-electron chi connectivity index (χ1n) is 6.36. The predicted octanol–water partition coefficient (Wildman–Crippen LogP) is 2.18. The van der Waals surface area contributed by atoms with Crippen LogP contribution in [0.3, 0.4) is 0 Å². The largest absolute Gasteiger partial charge is 0.295 e. The van der Waals surface area contributed by atoms with Crippen molar-refractivity contribution in [2.75, 3.05) is 5.32 Å². The van der Waals surface area contributed by atoms with Gasteiger partial charge in [0.1, 0.15) is 6.33 Å². The average Bonchev–Trinajstić information content (AvgIpc) is 2.83. The van der Waals surface area contributed by atoms with E-state index in [0.717, 1.165) is 12.0 Å². The molecule has 0 aliphatic heterocycles. The third kappa shape index (κ3) is 4.21. The molecule has 0 aliphatic carbocycles. The van der Waals surface area contributed by atoms with E-state index in [2.05, 4.69) is 46.5 Å². The molecular formula is C14H18N4O. The Balaban J connectivity index is 1.90. The van der Waals surface area contributed by atoms with Gasteiger partial charge in [-0.05, 0) is 23.5 Å². The summed E-state index contributed by atoms with van der Waals surface area (Å²) < 4.78 is 0. The fourth-order valence-corrected chi connectivity index (χ4v) is 1.89. The van der Waals surface area contributed by atoms with Crippen LogP contribution < -0.4 is 5.32 Å². The number of hydrogen-bond acceptors (Lipinski definition) is 3. The molecule has 0 saturated carbocycles. The molecule has 1 amide bonds. The van der Waals surface area contributed by atoms with Crippen molar-refractivity contribution in [3.63, 3.8) is 0 Å². The number of hydrogen-bond donors (Lipinski definition) is 2. The van der Waals surface area contributed by atoms with Gasteiger partial charge in [0, 0.05) is 0 Å². The maximum atomic E-state index is 11.7. The number of aromatic amines is 1. The van der Waals surface area contributed by atoms with Crippen LogP contribution in [0.2, 0.25) is 0 Å². The summed E-state index contributed by atoms with van der Waals surface area (Å²) in [6, 6.07) is 8.16. The molecule has 1 aromatic carbocycles. The minimum Gasteiger partial charge on any atom is -0.295 e. The van der Waals surface area contributed by atoms with Crippen molar-refractivity contribution in [3.8, 4) is 0 Å². The normalized spacial score (nSPS) is 10.7. The molecular weight excluding hydrogens is 240 g/mol. The van der Waals surface area contributed by atoms with Gasteiger partial charge in [-0.25, -0.2) is 5.10 Å². The van der Waals surface area contributed by atoms with Gasteiger partial charge in [0.15, 0.2) is 0 Å². The third-order valence-electron chi connectivity index (χ3n) is 2.70. The molecule has 19 heavy (non-hydrogen) atoms. The van der Waals surface area contributed by atoms with E-state index in [1.165, 1.54) is 11.9 Å². The van der Waals surface area contributed by atoms with Crippen LogP contribution >= 0.6 is 0 Å². The summed E-state index contributed by atoms with van der Waals surface area (Å²) in [5, 5.41) is 8.91. The number of nitrogens with zero attached hydrogens (tertiary/aromatic N) is 2. The molecule has 1 heterocycles. The molecule has 2 rings (SSSR count). The first-order chi connectivity index (χ1) is 9.13. The van der Waals surface area contributed by atoms with Crippen LogP contribution in [0.4, 0.5) is 5.95 Å². The quantitative estimate of drug-likeness (QED) is 0.863. The van der Waals surface area contributed by atoms with Crippen molar-refractivity contribution in [1.29, 1.82) is 0 Å². The molecule has 5 heteroatoms. The van der Waals surface area contributed by atoms with E-state index in [0.29, 0.717) is 18.3 Å². The SMILES string of the molecule is CC(C)Cc1ccc(CC(=O)Nc2ncn[nH]2)cc1. The Hall–Kier alpha value is -2.17. The molecule has 0 spiro atoms. The number of benzene rings is 1. The second-order valence-corrected chi connectivity index (χ2v) is 4.97. The third-order valence-corrected chi connectivity index (χ3v) is 2.70. The average molecular weight is 258 g/mol. The van der Waals surface area contributed by atoms with Gasteiger partial charge in [-0.2, -0.15) is 10.1 Å². The predicted molar refractivity (Wildman–Crippen MR) is 73.7 cm³/mol. The highest BCUT2D eigenvalue weighted by Gasteiger charge is 2.06. The first-order valence-corrected chi connectivity index (χ1v) is 6.36. The summed E-state index contributed by atoms with van der Waals surface area (Å²) in [7, 11) is 0. The van der Waals surface area contributed by atoms with Crippen LogP contribution in [0.15, 0.2) is 30.6 Å². The lowest BCUT2D eigenvalue weighted by molar-refractivity contribution is -0.115. The molecule has 0 aliphatic rings. The van der Waals surface area contributed by atoms with Gasteiger partial charge in [0.05, 0.1) is 6.42 Å². The minimum absolute atomic E-state index is 0.103. The summed E-state index contributed by atoms with van der Waals surface area (Å²) in [5.74, 6) is 0.912. The van der Waals surface area contributed by atoms with Crippen LogP contribution in [-0.2, 0) is 17.6 Å². The molecule has 0 fully saturated rings. The van der Waals surface area contributed by atoms with Crippen LogP contribution in [0.5, 0.6) is 0 Å². The zero-order chi connectivity index (χ0) is 13.7. The van der Waals surface area contributed by atoms with Gasteiger partial charge >= 0.3 is 0 Å². The Morgan fingerprint density at radius 2 is 1.95 bits per heavy atom. The highest BCUT2D eigenvalue weighted by atomic mass is 16.1.